The Bertz CT molecular complexity index is 697. The van der Waals surface area contributed by atoms with Gasteiger partial charge in [0, 0.05) is 0 Å². The SMILES string of the molecule is C=C(C)C(C)=C(C)C.C=CC(=C(C)C)c1c(C)c(C)c(C)c(C)c1C.CC.CC.CC. The van der Waals surface area contributed by atoms with Crippen LogP contribution in [0.2, 0.25) is 0 Å². The Kier molecular flexibility index (Phi) is 23.7. The van der Waals surface area contributed by atoms with Gasteiger partial charge in [-0.05, 0) is 115 Å². The zero-order valence-corrected chi connectivity index (χ0v) is 24.5. The predicted octanol–water partition coefficient (Wildman–Crippen LogP) is 11.2. The minimum absolute atomic E-state index is 1.17. The van der Waals surface area contributed by atoms with Gasteiger partial charge in [0.15, 0.2) is 0 Å². The van der Waals surface area contributed by atoms with Crippen molar-refractivity contribution in [2.75, 3.05) is 0 Å². The Hall–Kier alpha value is -1.82. The standard InChI is InChI=1S/C17H24.C8H14.3C2H6/c1-9-16(10(2)3)17-14(7)12(5)11(4)13(6)15(17)8;1-6(2)8(5)7(3)4;3*1-2/h9H,1H2,2-8H3;1H2,2-5H3;3*1-2H3. The van der Waals surface area contributed by atoms with Gasteiger partial charge < -0.3 is 0 Å². The van der Waals surface area contributed by atoms with Crippen molar-refractivity contribution >= 4 is 5.57 Å². The van der Waals surface area contributed by atoms with Gasteiger partial charge in [-0.15, -0.1) is 0 Å². The Morgan fingerprint density at radius 3 is 1.00 bits per heavy atom. The first-order valence-electron chi connectivity index (χ1n) is 12.1. The van der Waals surface area contributed by atoms with E-state index in [0.717, 1.165) is 0 Å². The highest BCUT2D eigenvalue weighted by molar-refractivity contribution is 5.81. The van der Waals surface area contributed by atoms with Crippen molar-refractivity contribution in [2.45, 2.75) is 118 Å². The molecule has 0 saturated carbocycles. The summed E-state index contributed by atoms with van der Waals surface area (Å²) in [5.74, 6) is 0. The second-order valence-corrected chi connectivity index (χ2v) is 7.52. The summed E-state index contributed by atoms with van der Waals surface area (Å²) in [6, 6.07) is 0. The van der Waals surface area contributed by atoms with E-state index in [2.05, 4.69) is 82.4 Å². The maximum atomic E-state index is 3.96. The van der Waals surface area contributed by atoms with E-state index < -0.39 is 0 Å². The van der Waals surface area contributed by atoms with Gasteiger partial charge in [0.2, 0.25) is 0 Å². The van der Waals surface area contributed by atoms with Gasteiger partial charge in [-0.1, -0.05) is 83.1 Å². The molecule has 0 aliphatic heterocycles. The molecule has 31 heavy (non-hydrogen) atoms. The molecule has 0 radical (unpaired) electrons. The van der Waals surface area contributed by atoms with E-state index in [0.29, 0.717) is 0 Å². The van der Waals surface area contributed by atoms with Crippen LogP contribution in [-0.2, 0) is 0 Å². The lowest BCUT2D eigenvalue weighted by Gasteiger charge is -2.20. The fraction of sp³-hybridized carbons (Fsp3) is 0.548. The molecule has 0 fully saturated rings. The molecule has 0 heteroatoms. The predicted molar refractivity (Wildman–Crippen MR) is 151 cm³/mol. The van der Waals surface area contributed by atoms with Crippen LogP contribution in [0.15, 0.2) is 41.5 Å². The molecular weight excluding hydrogens is 372 g/mol. The average molecular weight is 429 g/mol. The third-order valence-electron chi connectivity index (χ3n) is 5.40. The highest BCUT2D eigenvalue weighted by Gasteiger charge is 2.14. The number of benzene rings is 1. The second-order valence-electron chi connectivity index (χ2n) is 7.52. The van der Waals surface area contributed by atoms with E-state index in [4.69, 9.17) is 0 Å². The monoisotopic (exact) mass is 428 g/mol. The second kappa shape index (κ2) is 20.1. The van der Waals surface area contributed by atoms with Crippen molar-refractivity contribution in [1.82, 2.24) is 0 Å². The lowest BCUT2D eigenvalue weighted by Crippen LogP contribution is -2.02. The van der Waals surface area contributed by atoms with Crippen LogP contribution in [0.3, 0.4) is 0 Å². The Morgan fingerprint density at radius 1 is 0.548 bits per heavy atom. The summed E-state index contributed by atoms with van der Waals surface area (Å²) in [6.07, 6.45) is 1.98. The van der Waals surface area contributed by atoms with Gasteiger partial charge in [0.05, 0.1) is 0 Å². The smallest absolute Gasteiger partial charge is 0.0121 e. The van der Waals surface area contributed by atoms with Crippen LogP contribution in [0.25, 0.3) is 5.57 Å². The van der Waals surface area contributed by atoms with Crippen LogP contribution in [0.1, 0.15) is 116 Å². The maximum Gasteiger partial charge on any atom is -0.0121 e. The van der Waals surface area contributed by atoms with Crippen LogP contribution in [0.5, 0.6) is 0 Å². The minimum atomic E-state index is 1.17. The van der Waals surface area contributed by atoms with Crippen molar-refractivity contribution < 1.29 is 0 Å². The fourth-order valence-corrected chi connectivity index (χ4v) is 2.89. The lowest BCUT2D eigenvalue weighted by molar-refractivity contribution is 1.16. The van der Waals surface area contributed by atoms with E-state index in [1.54, 1.807) is 0 Å². The molecule has 0 aliphatic carbocycles. The van der Waals surface area contributed by atoms with Crippen molar-refractivity contribution in [3.63, 3.8) is 0 Å². The molecule has 1 aromatic carbocycles. The molecule has 0 saturated heterocycles. The van der Waals surface area contributed by atoms with Gasteiger partial charge in [-0.3, -0.25) is 0 Å². The number of rotatable bonds is 3. The van der Waals surface area contributed by atoms with Crippen LogP contribution in [0, 0.1) is 34.6 Å². The topological polar surface area (TPSA) is 0 Å². The molecule has 0 unspecified atom stereocenters. The van der Waals surface area contributed by atoms with Crippen LogP contribution in [-0.4, -0.2) is 0 Å². The summed E-state index contributed by atoms with van der Waals surface area (Å²) in [5.41, 5.74) is 14.9. The van der Waals surface area contributed by atoms with Crippen LogP contribution >= 0.6 is 0 Å². The van der Waals surface area contributed by atoms with Gasteiger partial charge >= 0.3 is 0 Å². The molecule has 0 heterocycles. The van der Waals surface area contributed by atoms with Crippen molar-refractivity contribution in [3.05, 3.63) is 74.9 Å². The van der Waals surface area contributed by atoms with Crippen LogP contribution in [0.4, 0.5) is 0 Å². The first-order chi connectivity index (χ1) is 14.4. The quantitative estimate of drug-likeness (QED) is 0.420. The number of hydrogen-bond donors (Lipinski definition) is 0. The molecular formula is C31H56. The number of hydrogen-bond acceptors (Lipinski definition) is 0. The number of allylic oxidation sites excluding steroid dienone is 6. The normalized spacial score (nSPS) is 8.42. The van der Waals surface area contributed by atoms with Crippen LogP contribution < -0.4 is 0 Å². The third kappa shape index (κ3) is 12.0. The molecule has 0 atom stereocenters. The van der Waals surface area contributed by atoms with E-state index in [-0.39, 0.29) is 0 Å². The largest absolute Gasteiger partial charge is 0.0984 e. The molecule has 1 rings (SSSR count). The Morgan fingerprint density at radius 2 is 0.839 bits per heavy atom. The summed E-state index contributed by atoms with van der Waals surface area (Å²) in [6.45, 7) is 43.5. The average Bonchev–Trinajstić information content (AvgIpc) is 2.77. The molecule has 0 amide bonds. The van der Waals surface area contributed by atoms with Crippen molar-refractivity contribution in [2.24, 2.45) is 0 Å². The first kappa shape index (κ1) is 36.5. The van der Waals surface area contributed by atoms with Gasteiger partial charge in [-0.25, -0.2) is 0 Å². The van der Waals surface area contributed by atoms with Gasteiger partial charge in [0.25, 0.3) is 0 Å². The summed E-state index contributed by atoms with van der Waals surface area (Å²) >= 11 is 0. The molecule has 0 N–H and O–H groups in total. The summed E-state index contributed by atoms with van der Waals surface area (Å²) in [7, 11) is 0. The summed E-state index contributed by atoms with van der Waals surface area (Å²) < 4.78 is 0. The molecule has 0 nitrogen and oxygen atoms in total. The lowest BCUT2D eigenvalue weighted by atomic mass is 9.85. The van der Waals surface area contributed by atoms with Crippen molar-refractivity contribution in [1.29, 1.82) is 0 Å². The highest BCUT2D eigenvalue weighted by Crippen LogP contribution is 2.32. The van der Waals surface area contributed by atoms with Gasteiger partial charge in [0.1, 0.15) is 0 Å². The Balaban J connectivity index is -0.000000219. The Labute approximate surface area is 198 Å². The highest BCUT2D eigenvalue weighted by atomic mass is 14.2. The zero-order chi connectivity index (χ0) is 26.1. The first-order valence-corrected chi connectivity index (χ1v) is 12.1. The summed E-state index contributed by atoms with van der Waals surface area (Å²) in [5, 5.41) is 0. The third-order valence-corrected chi connectivity index (χ3v) is 5.40. The van der Waals surface area contributed by atoms with Gasteiger partial charge in [-0.2, -0.15) is 0 Å². The van der Waals surface area contributed by atoms with E-state index in [1.165, 1.54) is 61.2 Å². The zero-order valence-electron chi connectivity index (χ0n) is 24.5. The molecule has 0 aliphatic rings. The van der Waals surface area contributed by atoms with E-state index in [9.17, 15) is 0 Å². The molecule has 180 valence electrons. The molecule has 0 aromatic heterocycles. The molecule has 0 bridgehead atoms. The fourth-order valence-electron chi connectivity index (χ4n) is 2.89. The van der Waals surface area contributed by atoms with E-state index >= 15 is 0 Å². The van der Waals surface area contributed by atoms with E-state index in [1.807, 2.05) is 54.5 Å². The summed E-state index contributed by atoms with van der Waals surface area (Å²) in [4.78, 5) is 0. The maximum absolute atomic E-state index is 3.96. The molecule has 1 aromatic rings. The molecule has 0 spiro atoms. The minimum Gasteiger partial charge on any atom is -0.0984 e. The van der Waals surface area contributed by atoms with Crippen molar-refractivity contribution in [3.8, 4) is 0 Å².